The van der Waals surface area contributed by atoms with Gasteiger partial charge in [-0.3, -0.25) is 10.4 Å². The van der Waals surface area contributed by atoms with Crippen molar-refractivity contribution in [1.82, 2.24) is 15.3 Å². The van der Waals surface area contributed by atoms with E-state index in [4.69, 9.17) is 11.3 Å². The molecular formula is C23H35FN8. The van der Waals surface area contributed by atoms with Crippen molar-refractivity contribution >= 4 is 29.5 Å². The van der Waals surface area contributed by atoms with Gasteiger partial charge in [0.15, 0.2) is 11.6 Å². The van der Waals surface area contributed by atoms with Gasteiger partial charge in [0.05, 0.1) is 11.9 Å². The number of nitrogens with two attached hydrogens (primary N) is 1. The van der Waals surface area contributed by atoms with Gasteiger partial charge in [-0.05, 0) is 64.2 Å². The Hall–Kier alpha value is -2.78. The number of nitrogens with one attached hydrogen (secondary N) is 4. The predicted molar refractivity (Wildman–Crippen MR) is 129 cm³/mol. The molecule has 0 radical (unpaired) electrons. The van der Waals surface area contributed by atoms with Crippen LogP contribution in [0.5, 0.6) is 0 Å². The summed E-state index contributed by atoms with van der Waals surface area (Å²) < 4.78 is 14.5. The molecule has 2 aromatic rings. The molecule has 1 aliphatic heterocycles. The molecule has 0 bridgehead atoms. The zero-order valence-electron chi connectivity index (χ0n) is 19.8. The van der Waals surface area contributed by atoms with Gasteiger partial charge in [0.25, 0.3) is 0 Å². The largest absolute Gasteiger partial charge is 0.365 e. The van der Waals surface area contributed by atoms with Crippen LogP contribution < -0.4 is 26.8 Å². The number of rotatable bonds is 7. The zero-order valence-corrected chi connectivity index (χ0v) is 19.8. The smallest absolute Gasteiger partial charge is 0.229 e. The lowest BCUT2D eigenvalue weighted by Crippen LogP contribution is -2.60. The van der Waals surface area contributed by atoms with Crippen LogP contribution in [-0.4, -0.2) is 33.4 Å². The van der Waals surface area contributed by atoms with E-state index in [1.165, 1.54) is 11.2 Å². The lowest BCUT2D eigenvalue weighted by atomic mass is 9.79. The van der Waals surface area contributed by atoms with Gasteiger partial charge in [-0.1, -0.05) is 19.9 Å². The second kappa shape index (κ2) is 8.99. The fraction of sp³-hybridized carbons (Fsp3) is 0.522. The van der Waals surface area contributed by atoms with Gasteiger partial charge in [0, 0.05) is 22.8 Å². The minimum absolute atomic E-state index is 0.0679. The molecule has 6 N–H and O–H groups in total. The molecule has 0 spiro atoms. The Morgan fingerprint density at radius 1 is 1.25 bits per heavy atom. The molecule has 0 atom stereocenters. The summed E-state index contributed by atoms with van der Waals surface area (Å²) in [6.45, 7) is 12.7. The van der Waals surface area contributed by atoms with Crippen LogP contribution in [0.15, 0.2) is 24.4 Å². The maximum absolute atomic E-state index is 14.5. The van der Waals surface area contributed by atoms with Crippen LogP contribution in [0.4, 0.5) is 27.5 Å². The van der Waals surface area contributed by atoms with Crippen molar-refractivity contribution in [1.29, 1.82) is 5.41 Å². The van der Waals surface area contributed by atoms with Gasteiger partial charge >= 0.3 is 0 Å². The number of halogens is 1. The standard InChI is InChI=1S/C23H35FN8/c1-14(2)17-8-7-15(9-19(17)32(26)13-25)29-21-27-12-18(24)20(30-21)28-16-10-22(3,4)31-23(5,6)11-16/h7-9,12-14,16,25,31H,10-11,26H2,1-6H3,(H2,27,28,29,30). The third-order valence-electron chi connectivity index (χ3n) is 5.60. The first-order chi connectivity index (χ1) is 14.9. The quantitative estimate of drug-likeness (QED) is 0.186. The molecule has 0 aliphatic carbocycles. The highest BCUT2D eigenvalue weighted by atomic mass is 19.1. The van der Waals surface area contributed by atoms with Crippen LogP contribution in [0.2, 0.25) is 0 Å². The van der Waals surface area contributed by atoms with Crippen LogP contribution in [0.3, 0.4) is 0 Å². The van der Waals surface area contributed by atoms with E-state index in [0.29, 0.717) is 11.4 Å². The lowest BCUT2D eigenvalue weighted by Gasteiger charge is -2.46. The molecule has 174 valence electrons. The molecular weight excluding hydrogens is 407 g/mol. The summed E-state index contributed by atoms with van der Waals surface area (Å²) in [5.74, 6) is 6.16. The summed E-state index contributed by atoms with van der Waals surface area (Å²) >= 11 is 0. The molecule has 0 amide bonds. The molecule has 8 nitrogen and oxygen atoms in total. The minimum atomic E-state index is -0.488. The summed E-state index contributed by atoms with van der Waals surface area (Å²) in [5.41, 5.74) is 2.28. The van der Waals surface area contributed by atoms with Crippen molar-refractivity contribution in [2.75, 3.05) is 15.6 Å². The first-order valence-corrected chi connectivity index (χ1v) is 10.9. The van der Waals surface area contributed by atoms with Crippen LogP contribution in [0.25, 0.3) is 0 Å². The maximum atomic E-state index is 14.5. The first kappa shape index (κ1) is 23.9. The monoisotopic (exact) mass is 442 g/mol. The van der Waals surface area contributed by atoms with Crippen molar-refractivity contribution in [3.8, 4) is 0 Å². The predicted octanol–water partition coefficient (Wildman–Crippen LogP) is 4.49. The van der Waals surface area contributed by atoms with E-state index in [2.05, 4.69) is 67.5 Å². The highest BCUT2D eigenvalue weighted by Crippen LogP contribution is 2.32. The molecule has 32 heavy (non-hydrogen) atoms. The average molecular weight is 443 g/mol. The first-order valence-electron chi connectivity index (χ1n) is 10.9. The molecule has 3 rings (SSSR count). The van der Waals surface area contributed by atoms with Gasteiger partial charge in [-0.25, -0.2) is 15.2 Å². The number of hydrogen-bond acceptors (Lipinski definition) is 7. The second-order valence-electron chi connectivity index (χ2n) is 10.1. The Balaban J connectivity index is 1.83. The fourth-order valence-electron chi connectivity index (χ4n) is 4.68. The van der Waals surface area contributed by atoms with Crippen molar-refractivity contribution in [3.05, 3.63) is 35.8 Å². The summed E-state index contributed by atoms with van der Waals surface area (Å²) in [5, 5.41) is 18.8. The van der Waals surface area contributed by atoms with Crippen molar-refractivity contribution in [2.45, 2.75) is 77.4 Å². The van der Waals surface area contributed by atoms with Gasteiger partial charge in [0.1, 0.15) is 6.34 Å². The van der Waals surface area contributed by atoms with Crippen LogP contribution in [0, 0.1) is 11.2 Å². The Morgan fingerprint density at radius 3 is 2.50 bits per heavy atom. The highest BCUT2D eigenvalue weighted by Gasteiger charge is 2.38. The number of aromatic nitrogens is 2. The molecule has 1 aromatic carbocycles. The Morgan fingerprint density at radius 2 is 1.91 bits per heavy atom. The SMILES string of the molecule is CC(C)c1ccc(Nc2ncc(F)c(NC3CC(C)(C)NC(C)(C)C3)n2)cc1N(N)C=N. The van der Waals surface area contributed by atoms with Crippen LogP contribution >= 0.6 is 0 Å². The highest BCUT2D eigenvalue weighted by molar-refractivity contribution is 5.80. The molecule has 1 aliphatic rings. The minimum Gasteiger partial charge on any atom is -0.365 e. The molecule has 1 saturated heterocycles. The maximum Gasteiger partial charge on any atom is 0.229 e. The van der Waals surface area contributed by atoms with Gasteiger partial charge in [-0.2, -0.15) is 4.98 Å². The fourth-order valence-corrected chi connectivity index (χ4v) is 4.68. The number of nitrogens with zero attached hydrogens (tertiary/aromatic N) is 3. The molecule has 9 heteroatoms. The second-order valence-corrected chi connectivity index (χ2v) is 10.1. The van der Waals surface area contributed by atoms with Crippen LogP contribution in [0.1, 0.15) is 65.9 Å². The molecule has 0 unspecified atom stereocenters. The Kier molecular flexibility index (Phi) is 6.71. The zero-order chi connectivity index (χ0) is 23.7. The van der Waals surface area contributed by atoms with Crippen molar-refractivity contribution < 1.29 is 4.39 Å². The lowest BCUT2D eigenvalue weighted by molar-refractivity contribution is 0.170. The number of hydrogen-bond donors (Lipinski definition) is 5. The van der Waals surface area contributed by atoms with Crippen molar-refractivity contribution in [3.63, 3.8) is 0 Å². The van der Waals surface area contributed by atoms with E-state index in [9.17, 15) is 4.39 Å². The average Bonchev–Trinajstić information content (AvgIpc) is 2.67. The van der Waals surface area contributed by atoms with Crippen molar-refractivity contribution in [2.24, 2.45) is 5.84 Å². The van der Waals surface area contributed by atoms with E-state index in [1.54, 1.807) is 0 Å². The normalized spacial score (nSPS) is 17.8. The Bertz CT molecular complexity index is 956. The molecule has 0 saturated carbocycles. The third-order valence-corrected chi connectivity index (χ3v) is 5.60. The number of anilines is 4. The number of benzene rings is 1. The van der Waals surface area contributed by atoms with E-state index in [-0.39, 0.29) is 34.8 Å². The summed E-state index contributed by atoms with van der Waals surface area (Å²) in [4.78, 5) is 8.49. The van der Waals surface area contributed by atoms with Gasteiger partial charge in [-0.15, -0.1) is 0 Å². The topological polar surface area (TPSA) is 115 Å². The molecule has 2 heterocycles. The van der Waals surface area contributed by atoms with Gasteiger partial charge in [0.2, 0.25) is 5.95 Å². The van der Waals surface area contributed by atoms with E-state index in [0.717, 1.165) is 24.7 Å². The Labute approximate surface area is 189 Å². The third kappa shape index (κ3) is 5.72. The number of hydrazine groups is 1. The summed E-state index contributed by atoms with van der Waals surface area (Å²) in [6.07, 6.45) is 3.92. The van der Waals surface area contributed by atoms with Crippen LogP contribution in [-0.2, 0) is 0 Å². The summed E-state index contributed by atoms with van der Waals surface area (Å²) in [7, 11) is 0. The summed E-state index contributed by atoms with van der Waals surface area (Å²) in [6, 6.07) is 5.76. The van der Waals surface area contributed by atoms with E-state index >= 15 is 0 Å². The van der Waals surface area contributed by atoms with Gasteiger partial charge < -0.3 is 16.0 Å². The molecule has 1 aromatic heterocycles. The van der Waals surface area contributed by atoms with E-state index < -0.39 is 5.82 Å². The van der Waals surface area contributed by atoms with E-state index in [1.807, 2.05) is 18.2 Å². The number of piperidine rings is 1. The molecule has 1 fully saturated rings.